The van der Waals surface area contributed by atoms with Crippen LogP contribution in [-0.4, -0.2) is 30.9 Å². The Bertz CT molecular complexity index is 462. The minimum Gasteiger partial charge on any atom is -0.355 e. The number of benzene rings is 1. The molecule has 0 heterocycles. The summed E-state index contributed by atoms with van der Waals surface area (Å²) >= 11 is 0. The van der Waals surface area contributed by atoms with Crippen LogP contribution >= 0.6 is 0 Å². The highest BCUT2D eigenvalue weighted by molar-refractivity contribution is 5.84. The second kappa shape index (κ2) is 7.66. The summed E-state index contributed by atoms with van der Waals surface area (Å²) < 4.78 is 0. The Labute approximate surface area is 121 Å². The number of nitrogens with zero attached hydrogens (tertiary/aromatic N) is 2. The Morgan fingerprint density at radius 2 is 2.00 bits per heavy atom. The first-order valence-corrected chi connectivity index (χ1v) is 6.88. The van der Waals surface area contributed by atoms with Gasteiger partial charge >= 0.3 is 0 Å². The number of nitriles is 1. The topological polar surface area (TPSA) is 56.1 Å². The molecule has 1 aromatic rings. The molecule has 0 aromatic heterocycles. The first-order chi connectivity index (χ1) is 9.45. The van der Waals surface area contributed by atoms with Gasteiger partial charge in [0.25, 0.3) is 0 Å². The summed E-state index contributed by atoms with van der Waals surface area (Å²) in [6, 6.07) is 12.3. The molecule has 4 heteroatoms. The normalized spacial score (nSPS) is 11.2. The van der Waals surface area contributed by atoms with Crippen LogP contribution in [0.25, 0.3) is 0 Å². The van der Waals surface area contributed by atoms with Gasteiger partial charge in [-0.05, 0) is 39.4 Å². The Morgan fingerprint density at radius 1 is 1.35 bits per heavy atom. The molecule has 108 valence electrons. The zero-order valence-electron chi connectivity index (χ0n) is 12.5. The predicted octanol–water partition coefficient (Wildman–Crippen LogP) is 2.17. The molecule has 0 aliphatic heterocycles. The lowest BCUT2D eigenvalue weighted by Crippen LogP contribution is -2.37. The van der Waals surface area contributed by atoms with Crippen molar-refractivity contribution in [2.24, 2.45) is 5.41 Å². The van der Waals surface area contributed by atoms with Gasteiger partial charge in [-0.1, -0.05) is 30.3 Å². The number of hydrogen-bond acceptors (Lipinski definition) is 3. The third-order valence-electron chi connectivity index (χ3n) is 3.14. The largest absolute Gasteiger partial charge is 0.355 e. The molecule has 0 fully saturated rings. The predicted molar refractivity (Wildman–Crippen MR) is 79.8 cm³/mol. The van der Waals surface area contributed by atoms with E-state index in [9.17, 15) is 4.79 Å². The maximum Gasteiger partial charge on any atom is 0.239 e. The quantitative estimate of drug-likeness (QED) is 0.775. The molecule has 0 unspecified atom stereocenters. The highest BCUT2D eigenvalue weighted by atomic mass is 16.2. The molecule has 0 saturated carbocycles. The van der Waals surface area contributed by atoms with Crippen molar-refractivity contribution >= 4 is 5.91 Å². The fourth-order valence-corrected chi connectivity index (χ4v) is 1.80. The number of nitrogens with one attached hydrogen (secondary N) is 1. The molecule has 1 aromatic carbocycles. The summed E-state index contributed by atoms with van der Waals surface area (Å²) in [5, 5.41) is 11.7. The van der Waals surface area contributed by atoms with E-state index in [0.29, 0.717) is 6.54 Å². The SMILES string of the molecule is CN(CCCNC(=O)C(C)(C)C#N)Cc1ccccc1. The van der Waals surface area contributed by atoms with Crippen LogP contribution in [0.3, 0.4) is 0 Å². The molecular formula is C16H23N3O. The average Bonchev–Trinajstić information content (AvgIpc) is 2.44. The van der Waals surface area contributed by atoms with Crippen LogP contribution in [0.1, 0.15) is 25.8 Å². The molecule has 0 atom stereocenters. The van der Waals surface area contributed by atoms with Gasteiger partial charge in [0.15, 0.2) is 0 Å². The number of rotatable bonds is 7. The lowest BCUT2D eigenvalue weighted by atomic mass is 9.95. The Balaban J connectivity index is 2.22. The lowest BCUT2D eigenvalue weighted by Gasteiger charge is -2.18. The van der Waals surface area contributed by atoms with E-state index >= 15 is 0 Å². The molecule has 0 saturated heterocycles. The number of carbonyl (C=O) groups excluding carboxylic acids is 1. The third-order valence-corrected chi connectivity index (χ3v) is 3.14. The molecular weight excluding hydrogens is 250 g/mol. The van der Waals surface area contributed by atoms with E-state index < -0.39 is 5.41 Å². The van der Waals surface area contributed by atoms with Gasteiger partial charge in [0.05, 0.1) is 6.07 Å². The summed E-state index contributed by atoms with van der Waals surface area (Å²) in [7, 11) is 2.06. The molecule has 0 aliphatic rings. The Morgan fingerprint density at radius 3 is 2.60 bits per heavy atom. The van der Waals surface area contributed by atoms with Gasteiger partial charge in [0.2, 0.25) is 5.91 Å². The summed E-state index contributed by atoms with van der Waals surface area (Å²) in [6.45, 7) is 5.66. The van der Waals surface area contributed by atoms with Crippen molar-refractivity contribution < 1.29 is 4.79 Å². The van der Waals surface area contributed by atoms with Crippen LogP contribution < -0.4 is 5.32 Å². The van der Waals surface area contributed by atoms with E-state index in [1.165, 1.54) is 5.56 Å². The van der Waals surface area contributed by atoms with E-state index in [-0.39, 0.29) is 5.91 Å². The molecule has 0 radical (unpaired) electrons. The molecule has 1 amide bonds. The maximum absolute atomic E-state index is 11.7. The first-order valence-electron chi connectivity index (χ1n) is 6.88. The minimum atomic E-state index is -0.948. The summed E-state index contributed by atoms with van der Waals surface area (Å²) in [6.07, 6.45) is 0.872. The van der Waals surface area contributed by atoms with Gasteiger partial charge < -0.3 is 10.2 Å². The smallest absolute Gasteiger partial charge is 0.239 e. The summed E-state index contributed by atoms with van der Waals surface area (Å²) in [5.41, 5.74) is 0.334. The molecule has 0 spiro atoms. The van der Waals surface area contributed by atoms with Crippen LogP contribution in [0, 0.1) is 16.7 Å². The van der Waals surface area contributed by atoms with Gasteiger partial charge in [0, 0.05) is 13.1 Å². The van der Waals surface area contributed by atoms with Crippen LogP contribution in [-0.2, 0) is 11.3 Å². The molecule has 0 bridgehead atoms. The van der Waals surface area contributed by atoms with Crippen molar-refractivity contribution in [2.75, 3.05) is 20.1 Å². The molecule has 4 nitrogen and oxygen atoms in total. The number of amides is 1. The van der Waals surface area contributed by atoms with Gasteiger partial charge in [-0.3, -0.25) is 4.79 Å². The van der Waals surface area contributed by atoms with E-state index in [0.717, 1.165) is 19.5 Å². The minimum absolute atomic E-state index is 0.203. The Kier molecular flexibility index (Phi) is 6.20. The monoisotopic (exact) mass is 273 g/mol. The maximum atomic E-state index is 11.7. The van der Waals surface area contributed by atoms with E-state index in [2.05, 4.69) is 29.4 Å². The van der Waals surface area contributed by atoms with Crippen LogP contribution in [0.5, 0.6) is 0 Å². The highest BCUT2D eigenvalue weighted by Crippen LogP contribution is 2.12. The molecule has 20 heavy (non-hydrogen) atoms. The van der Waals surface area contributed by atoms with Crippen molar-refractivity contribution in [1.82, 2.24) is 10.2 Å². The second-order valence-corrected chi connectivity index (χ2v) is 5.57. The van der Waals surface area contributed by atoms with E-state index in [1.807, 2.05) is 24.3 Å². The van der Waals surface area contributed by atoms with Crippen molar-refractivity contribution in [3.63, 3.8) is 0 Å². The third kappa shape index (κ3) is 5.41. The van der Waals surface area contributed by atoms with Gasteiger partial charge in [-0.2, -0.15) is 5.26 Å². The lowest BCUT2D eigenvalue weighted by molar-refractivity contribution is -0.126. The zero-order valence-corrected chi connectivity index (χ0v) is 12.5. The van der Waals surface area contributed by atoms with Crippen LogP contribution in [0.4, 0.5) is 0 Å². The van der Waals surface area contributed by atoms with Gasteiger partial charge in [0.1, 0.15) is 5.41 Å². The van der Waals surface area contributed by atoms with Crippen molar-refractivity contribution in [1.29, 1.82) is 5.26 Å². The number of hydrogen-bond donors (Lipinski definition) is 1. The zero-order chi connectivity index (χ0) is 15.0. The van der Waals surface area contributed by atoms with Crippen molar-refractivity contribution in [3.8, 4) is 6.07 Å². The Hall–Kier alpha value is -1.86. The fourth-order valence-electron chi connectivity index (χ4n) is 1.80. The van der Waals surface area contributed by atoms with Crippen LogP contribution in [0.15, 0.2) is 30.3 Å². The van der Waals surface area contributed by atoms with Gasteiger partial charge in [-0.25, -0.2) is 0 Å². The second-order valence-electron chi connectivity index (χ2n) is 5.57. The molecule has 1 rings (SSSR count). The fraction of sp³-hybridized carbons (Fsp3) is 0.500. The summed E-state index contributed by atoms with van der Waals surface area (Å²) in [5.74, 6) is -0.203. The molecule has 1 N–H and O–H groups in total. The van der Waals surface area contributed by atoms with Gasteiger partial charge in [-0.15, -0.1) is 0 Å². The first kappa shape index (κ1) is 16.2. The highest BCUT2D eigenvalue weighted by Gasteiger charge is 2.26. The number of carbonyl (C=O) groups is 1. The van der Waals surface area contributed by atoms with Crippen LogP contribution in [0.2, 0.25) is 0 Å². The van der Waals surface area contributed by atoms with Crippen molar-refractivity contribution in [2.45, 2.75) is 26.8 Å². The average molecular weight is 273 g/mol. The van der Waals surface area contributed by atoms with Crippen molar-refractivity contribution in [3.05, 3.63) is 35.9 Å². The standard InChI is InChI=1S/C16H23N3O/c1-16(2,13-17)15(20)18-10-7-11-19(3)12-14-8-5-4-6-9-14/h4-6,8-9H,7,10-12H2,1-3H3,(H,18,20). The van der Waals surface area contributed by atoms with E-state index in [1.54, 1.807) is 13.8 Å². The molecule has 0 aliphatic carbocycles. The summed E-state index contributed by atoms with van der Waals surface area (Å²) in [4.78, 5) is 13.9. The van der Waals surface area contributed by atoms with E-state index in [4.69, 9.17) is 5.26 Å².